The molecule has 4 aromatic rings. The van der Waals surface area contributed by atoms with Gasteiger partial charge in [-0.05, 0) is 66.8 Å². The van der Waals surface area contributed by atoms with Gasteiger partial charge in [0.05, 0.1) is 30.7 Å². The summed E-state index contributed by atoms with van der Waals surface area (Å²) in [5, 5.41) is 18.9. The van der Waals surface area contributed by atoms with Gasteiger partial charge in [-0.1, -0.05) is 28.9 Å². The maximum atomic E-state index is 13.2. The van der Waals surface area contributed by atoms with E-state index in [1.807, 2.05) is 23.7 Å². The first-order valence-electron chi connectivity index (χ1n) is 13.5. The zero-order chi connectivity index (χ0) is 29.6. The molecule has 7 rings (SSSR count). The molecule has 1 N–H and O–H groups in total. The Morgan fingerprint density at radius 1 is 1.14 bits per heavy atom. The first kappa shape index (κ1) is 28.3. The predicted molar refractivity (Wildman–Crippen MR) is 154 cm³/mol. The van der Waals surface area contributed by atoms with Gasteiger partial charge in [-0.3, -0.25) is 4.79 Å². The molecular weight excluding hydrogens is 584 g/mol. The van der Waals surface area contributed by atoms with Crippen LogP contribution in [0.5, 0.6) is 17.2 Å². The molecular formula is C29H29ClN4O7S. The fraction of sp³-hybridized carbons (Fsp3) is 0.345. The second-order valence-corrected chi connectivity index (χ2v) is 12.4. The summed E-state index contributed by atoms with van der Waals surface area (Å²) in [6, 6.07) is 12.3. The van der Waals surface area contributed by atoms with Gasteiger partial charge in [-0.25, -0.2) is 4.68 Å². The summed E-state index contributed by atoms with van der Waals surface area (Å²) in [5.74, 6) is -0.439. The topological polar surface area (TPSA) is 133 Å². The monoisotopic (exact) mass is 612 g/mol. The van der Waals surface area contributed by atoms with Crippen molar-refractivity contribution < 1.29 is 32.0 Å². The third kappa shape index (κ3) is 5.25. The standard InChI is InChI=1S/C29H29ClN4O7S/c1-17-22-6-7-25-28(17)31-32-34(25)9-3-4-10-40-21-5-8-26-19(12-21)15-33(42(37,38)41-26)16-20-11-18(23(22)14-27(35)36)13-24(30)29(20)39-2/h5-8,11-13,23H,3-4,9-10,14-16H2,1-2H3,(H,35,36). The fourth-order valence-electron chi connectivity index (χ4n) is 5.69. The molecule has 2 atom stereocenters. The average Bonchev–Trinajstić information content (AvgIpc) is 3.35. The van der Waals surface area contributed by atoms with Crippen molar-refractivity contribution in [2.24, 2.45) is 0 Å². The van der Waals surface area contributed by atoms with E-state index in [-0.39, 0.29) is 30.3 Å². The Bertz CT molecular complexity index is 1810. The Morgan fingerprint density at radius 3 is 2.74 bits per heavy atom. The summed E-state index contributed by atoms with van der Waals surface area (Å²) in [5.41, 5.74) is 4.86. The molecule has 11 nitrogen and oxygen atoms in total. The lowest BCUT2D eigenvalue weighted by Gasteiger charge is -2.29. The molecule has 0 aliphatic carbocycles. The van der Waals surface area contributed by atoms with Crippen LogP contribution in [0, 0.1) is 6.92 Å². The number of aromatic nitrogens is 3. The first-order valence-corrected chi connectivity index (χ1v) is 15.2. The van der Waals surface area contributed by atoms with Gasteiger partial charge in [0.2, 0.25) is 0 Å². The van der Waals surface area contributed by atoms with Crippen LogP contribution in [-0.4, -0.2) is 52.5 Å². The fourth-order valence-corrected chi connectivity index (χ4v) is 7.11. The number of nitrogens with zero attached hydrogens (tertiary/aromatic N) is 4. The molecule has 3 aliphatic heterocycles. The summed E-state index contributed by atoms with van der Waals surface area (Å²) < 4.78 is 46.4. The molecule has 9 bridgehead atoms. The molecule has 4 heterocycles. The van der Waals surface area contributed by atoms with Crippen LogP contribution in [0.3, 0.4) is 0 Å². The first-order chi connectivity index (χ1) is 20.1. The van der Waals surface area contributed by atoms with E-state index >= 15 is 0 Å². The maximum Gasteiger partial charge on any atom is 0.385 e. The number of aryl methyl sites for hydroxylation is 2. The van der Waals surface area contributed by atoms with E-state index < -0.39 is 22.2 Å². The number of rotatable bonds is 3. The summed E-state index contributed by atoms with van der Waals surface area (Å²) in [4.78, 5) is 12.1. The highest BCUT2D eigenvalue weighted by Crippen LogP contribution is 2.40. The highest BCUT2D eigenvalue weighted by molar-refractivity contribution is 7.84. The molecule has 0 radical (unpaired) electrons. The molecule has 1 aromatic heterocycles. The van der Waals surface area contributed by atoms with Crippen LogP contribution in [-0.2, 0) is 34.7 Å². The molecule has 2 unspecified atom stereocenters. The third-order valence-electron chi connectivity index (χ3n) is 7.76. The zero-order valence-corrected chi connectivity index (χ0v) is 24.6. The van der Waals surface area contributed by atoms with Crippen molar-refractivity contribution >= 4 is 38.9 Å². The molecule has 3 aromatic carbocycles. The number of aliphatic carboxylic acids is 1. The maximum absolute atomic E-state index is 13.2. The number of carboxylic acid groups (broad SMARTS) is 1. The number of hydrogen-bond donors (Lipinski definition) is 1. The van der Waals surface area contributed by atoms with E-state index in [1.54, 1.807) is 30.3 Å². The van der Waals surface area contributed by atoms with Gasteiger partial charge in [-0.2, -0.15) is 12.7 Å². The molecule has 3 aliphatic rings. The quantitative estimate of drug-likeness (QED) is 0.346. The predicted octanol–water partition coefficient (Wildman–Crippen LogP) is 4.82. The Hall–Kier alpha value is -3.87. The van der Waals surface area contributed by atoms with Crippen LogP contribution >= 0.6 is 11.6 Å². The summed E-state index contributed by atoms with van der Waals surface area (Å²) in [6.07, 6.45) is 1.35. The minimum Gasteiger partial charge on any atom is -0.495 e. The number of methoxy groups -OCH3 is 1. The van der Waals surface area contributed by atoms with Crippen LogP contribution in [0.1, 0.15) is 53.0 Å². The van der Waals surface area contributed by atoms with E-state index in [0.29, 0.717) is 46.9 Å². The van der Waals surface area contributed by atoms with E-state index in [9.17, 15) is 18.3 Å². The summed E-state index contributed by atoms with van der Waals surface area (Å²) >= 11 is 6.68. The molecule has 0 spiro atoms. The Balaban J connectivity index is 1.51. The van der Waals surface area contributed by atoms with Crippen molar-refractivity contribution in [3.05, 3.63) is 75.3 Å². The smallest absolute Gasteiger partial charge is 0.385 e. The largest absolute Gasteiger partial charge is 0.495 e. The Morgan fingerprint density at radius 2 is 1.95 bits per heavy atom. The Kier molecular flexibility index (Phi) is 7.46. The lowest BCUT2D eigenvalue weighted by atomic mass is 9.84. The van der Waals surface area contributed by atoms with E-state index in [1.165, 1.54) is 11.4 Å². The van der Waals surface area contributed by atoms with Gasteiger partial charge in [0, 0.05) is 36.7 Å². The van der Waals surface area contributed by atoms with Gasteiger partial charge in [0.1, 0.15) is 22.8 Å². The lowest BCUT2D eigenvalue weighted by molar-refractivity contribution is -0.137. The number of fused-ring (bicyclic) bond motifs is 5. The number of carboxylic acids is 1. The molecule has 42 heavy (non-hydrogen) atoms. The van der Waals surface area contributed by atoms with E-state index in [0.717, 1.165) is 29.5 Å². The van der Waals surface area contributed by atoms with Crippen molar-refractivity contribution in [3.63, 3.8) is 0 Å². The normalized spacial score (nSPS) is 19.8. The number of benzene rings is 3. The molecule has 0 saturated carbocycles. The SMILES string of the molecule is COc1c(Cl)cc2cc1CN1Cc3cc(ccc3OS1(=O)=O)OCCCCn1nnc3c(C)c(ccc31)C2CC(=O)O. The summed E-state index contributed by atoms with van der Waals surface area (Å²) in [6.45, 7) is 2.94. The third-order valence-corrected chi connectivity index (χ3v) is 9.32. The average molecular weight is 613 g/mol. The highest BCUT2D eigenvalue weighted by Gasteiger charge is 2.33. The zero-order valence-electron chi connectivity index (χ0n) is 23.0. The van der Waals surface area contributed by atoms with Gasteiger partial charge in [0.25, 0.3) is 0 Å². The molecule has 0 fully saturated rings. The number of ether oxygens (including phenoxy) is 2. The van der Waals surface area contributed by atoms with Crippen molar-refractivity contribution in [1.29, 1.82) is 0 Å². The number of hydrogen-bond acceptors (Lipinski definition) is 8. The summed E-state index contributed by atoms with van der Waals surface area (Å²) in [7, 11) is -2.70. The Labute approximate surface area is 247 Å². The highest BCUT2D eigenvalue weighted by atomic mass is 35.5. The molecule has 220 valence electrons. The van der Waals surface area contributed by atoms with Crippen LogP contribution < -0.4 is 13.7 Å². The van der Waals surface area contributed by atoms with Crippen LogP contribution in [0.25, 0.3) is 11.0 Å². The van der Waals surface area contributed by atoms with Gasteiger partial charge in [0.15, 0.2) is 0 Å². The van der Waals surface area contributed by atoms with Crippen molar-refractivity contribution in [1.82, 2.24) is 19.3 Å². The van der Waals surface area contributed by atoms with Gasteiger partial charge < -0.3 is 18.8 Å². The molecule has 13 heteroatoms. The van der Waals surface area contributed by atoms with E-state index in [4.69, 9.17) is 25.3 Å². The second kappa shape index (κ2) is 11.1. The van der Waals surface area contributed by atoms with Crippen LogP contribution in [0.15, 0.2) is 42.5 Å². The van der Waals surface area contributed by atoms with Crippen molar-refractivity contribution in [3.8, 4) is 17.2 Å². The number of halogens is 1. The molecule has 0 saturated heterocycles. The second-order valence-electron chi connectivity index (χ2n) is 10.4. The minimum atomic E-state index is -4.15. The van der Waals surface area contributed by atoms with Gasteiger partial charge >= 0.3 is 16.3 Å². The van der Waals surface area contributed by atoms with Gasteiger partial charge in [-0.15, -0.1) is 5.10 Å². The van der Waals surface area contributed by atoms with Crippen molar-refractivity contribution in [2.75, 3.05) is 13.7 Å². The van der Waals surface area contributed by atoms with Crippen LogP contribution in [0.4, 0.5) is 0 Å². The minimum absolute atomic E-state index is 0.0420. The lowest BCUT2D eigenvalue weighted by Crippen LogP contribution is -2.37. The van der Waals surface area contributed by atoms with E-state index in [2.05, 4.69) is 10.3 Å². The number of carbonyl (C=O) groups is 1. The van der Waals surface area contributed by atoms with Crippen molar-refractivity contribution in [2.45, 2.75) is 51.7 Å². The molecule has 0 amide bonds. The van der Waals surface area contributed by atoms with Crippen LogP contribution in [0.2, 0.25) is 5.02 Å².